The molecule has 5 saturated carbocycles. The lowest BCUT2D eigenvalue weighted by molar-refractivity contribution is -0.252. The van der Waals surface area contributed by atoms with Crippen LogP contribution >= 0.6 is 0 Å². The van der Waals surface area contributed by atoms with Gasteiger partial charge in [0.1, 0.15) is 5.92 Å². The van der Waals surface area contributed by atoms with Crippen LogP contribution in [0.25, 0.3) is 0 Å². The number of halogens is 5. The standard InChI is InChI=1S/C22H31F5O3/c1-3-16-7-17(22(26,27)21(16,25)19(2,23)24)18(28)30-12-29-11-20-8-13-4-14(9-20)6-15(5-13)10-20/h13-17H,3-12H2,1-2H3. The first-order valence-corrected chi connectivity index (χ1v) is 11.1. The van der Waals surface area contributed by atoms with Crippen LogP contribution in [-0.4, -0.2) is 36.9 Å². The average molecular weight is 438 g/mol. The van der Waals surface area contributed by atoms with Crippen LogP contribution in [0.2, 0.25) is 0 Å². The van der Waals surface area contributed by atoms with Gasteiger partial charge < -0.3 is 9.47 Å². The van der Waals surface area contributed by atoms with E-state index in [9.17, 15) is 26.7 Å². The SMILES string of the molecule is CCC1CC(C(=O)OCOCC23CC4CC(CC(C4)C2)C3)C(F)(F)C1(F)C(C)(F)F. The molecule has 3 atom stereocenters. The molecular weight excluding hydrogens is 407 g/mol. The molecule has 3 nitrogen and oxygen atoms in total. The molecule has 5 fully saturated rings. The fraction of sp³-hybridized carbons (Fsp3) is 0.955. The molecule has 0 N–H and O–H groups in total. The van der Waals surface area contributed by atoms with Crippen molar-refractivity contribution in [2.24, 2.45) is 35.0 Å². The van der Waals surface area contributed by atoms with Crippen LogP contribution in [0, 0.1) is 35.0 Å². The van der Waals surface area contributed by atoms with Crippen molar-refractivity contribution in [3.05, 3.63) is 0 Å². The first-order valence-electron chi connectivity index (χ1n) is 11.1. The average Bonchev–Trinajstić information content (AvgIpc) is 2.84. The van der Waals surface area contributed by atoms with Gasteiger partial charge in [-0.3, -0.25) is 4.79 Å². The van der Waals surface area contributed by atoms with Gasteiger partial charge in [0.25, 0.3) is 5.92 Å². The predicted octanol–water partition coefficient (Wildman–Crippen LogP) is 5.77. The summed E-state index contributed by atoms with van der Waals surface area (Å²) in [6, 6.07) is 0. The third-order valence-electron chi connectivity index (χ3n) is 8.28. The Labute approximate surface area is 174 Å². The quantitative estimate of drug-likeness (QED) is 0.219. The van der Waals surface area contributed by atoms with Crippen molar-refractivity contribution in [3.63, 3.8) is 0 Å². The van der Waals surface area contributed by atoms with Gasteiger partial charge in [-0.2, -0.15) is 0 Å². The van der Waals surface area contributed by atoms with Crippen LogP contribution in [0.5, 0.6) is 0 Å². The van der Waals surface area contributed by atoms with E-state index in [4.69, 9.17) is 9.47 Å². The first-order chi connectivity index (χ1) is 13.9. The molecule has 0 aromatic heterocycles. The second-order valence-electron chi connectivity index (χ2n) is 10.5. The zero-order chi connectivity index (χ0) is 21.9. The van der Waals surface area contributed by atoms with Gasteiger partial charge >= 0.3 is 11.9 Å². The Hall–Kier alpha value is -0.920. The van der Waals surface area contributed by atoms with Crippen molar-refractivity contribution in [1.29, 1.82) is 0 Å². The number of hydrogen-bond acceptors (Lipinski definition) is 3. The Balaban J connectivity index is 1.33. The summed E-state index contributed by atoms with van der Waals surface area (Å²) in [5.74, 6) is -11.9. The molecule has 4 bridgehead atoms. The van der Waals surface area contributed by atoms with Crippen LogP contribution in [0.3, 0.4) is 0 Å². The van der Waals surface area contributed by atoms with Gasteiger partial charge in [0, 0.05) is 12.8 Å². The molecule has 5 aliphatic rings. The molecule has 0 aliphatic heterocycles. The fourth-order valence-corrected chi connectivity index (χ4v) is 7.39. The van der Waals surface area contributed by atoms with E-state index in [2.05, 4.69) is 0 Å². The number of carbonyl (C=O) groups excluding carboxylic acids is 1. The van der Waals surface area contributed by atoms with E-state index in [0.717, 1.165) is 37.0 Å². The molecule has 0 aromatic carbocycles. The van der Waals surface area contributed by atoms with E-state index in [1.807, 2.05) is 0 Å². The molecule has 30 heavy (non-hydrogen) atoms. The van der Waals surface area contributed by atoms with Crippen LogP contribution in [0.1, 0.15) is 65.2 Å². The summed E-state index contributed by atoms with van der Waals surface area (Å²) in [5, 5.41) is 0. The van der Waals surface area contributed by atoms with Crippen molar-refractivity contribution >= 4 is 5.97 Å². The fourth-order valence-electron chi connectivity index (χ4n) is 7.39. The lowest BCUT2D eigenvalue weighted by Gasteiger charge is -2.56. The van der Waals surface area contributed by atoms with E-state index in [1.165, 1.54) is 26.2 Å². The van der Waals surface area contributed by atoms with Gasteiger partial charge in [0.15, 0.2) is 6.79 Å². The number of alkyl halides is 5. The Morgan fingerprint density at radius 3 is 1.97 bits per heavy atom. The molecular formula is C22H31F5O3. The predicted molar refractivity (Wildman–Crippen MR) is 98.8 cm³/mol. The maximum Gasteiger partial charge on any atom is 0.317 e. The largest absolute Gasteiger partial charge is 0.438 e. The van der Waals surface area contributed by atoms with E-state index in [1.54, 1.807) is 0 Å². The molecule has 0 spiro atoms. The molecule has 0 saturated heterocycles. The topological polar surface area (TPSA) is 35.5 Å². The number of hydrogen-bond donors (Lipinski definition) is 0. The lowest BCUT2D eigenvalue weighted by Crippen LogP contribution is -2.58. The van der Waals surface area contributed by atoms with Crippen LogP contribution in [0.15, 0.2) is 0 Å². The molecule has 0 radical (unpaired) electrons. The molecule has 172 valence electrons. The van der Waals surface area contributed by atoms with Crippen molar-refractivity contribution in [1.82, 2.24) is 0 Å². The summed E-state index contributed by atoms with van der Waals surface area (Å²) in [4.78, 5) is 12.3. The summed E-state index contributed by atoms with van der Waals surface area (Å²) in [7, 11) is 0. The molecule has 8 heteroatoms. The van der Waals surface area contributed by atoms with Crippen LogP contribution in [0.4, 0.5) is 22.0 Å². The maximum atomic E-state index is 14.9. The van der Waals surface area contributed by atoms with Gasteiger partial charge in [-0.05, 0) is 74.5 Å². The molecule has 0 amide bonds. The molecule has 5 aliphatic carbocycles. The van der Waals surface area contributed by atoms with Gasteiger partial charge in [-0.15, -0.1) is 0 Å². The third kappa shape index (κ3) is 3.36. The van der Waals surface area contributed by atoms with E-state index < -0.39 is 48.5 Å². The van der Waals surface area contributed by atoms with Gasteiger partial charge in [-0.1, -0.05) is 6.92 Å². The minimum atomic E-state index is -4.51. The Morgan fingerprint density at radius 1 is 1.00 bits per heavy atom. The summed E-state index contributed by atoms with van der Waals surface area (Å²) < 4.78 is 82.3. The van der Waals surface area contributed by atoms with E-state index in [-0.39, 0.29) is 18.8 Å². The Kier molecular flexibility index (Phi) is 5.43. The summed E-state index contributed by atoms with van der Waals surface area (Å²) in [6.45, 7) is 1.41. The summed E-state index contributed by atoms with van der Waals surface area (Å²) >= 11 is 0. The van der Waals surface area contributed by atoms with Crippen molar-refractivity contribution < 1.29 is 36.2 Å². The number of carbonyl (C=O) groups is 1. The normalized spacial score (nSPS) is 44.4. The second-order valence-corrected chi connectivity index (χ2v) is 10.5. The van der Waals surface area contributed by atoms with Gasteiger partial charge in [-0.25, -0.2) is 22.0 Å². The number of rotatable bonds is 7. The summed E-state index contributed by atoms with van der Waals surface area (Å²) in [5.41, 5.74) is -4.00. The summed E-state index contributed by atoms with van der Waals surface area (Å²) in [6.07, 6.45) is 6.19. The number of ether oxygens (including phenoxy) is 2. The second kappa shape index (κ2) is 7.31. The van der Waals surface area contributed by atoms with E-state index >= 15 is 0 Å². The molecule has 0 aromatic rings. The zero-order valence-corrected chi connectivity index (χ0v) is 17.6. The van der Waals surface area contributed by atoms with E-state index in [0.29, 0.717) is 6.61 Å². The first kappa shape index (κ1) is 22.3. The van der Waals surface area contributed by atoms with Crippen LogP contribution < -0.4 is 0 Å². The minimum absolute atomic E-state index is 0.0735. The Bertz CT molecular complexity index is 641. The number of esters is 1. The Morgan fingerprint density at radius 2 is 1.53 bits per heavy atom. The van der Waals surface area contributed by atoms with Crippen molar-refractivity contribution in [2.75, 3.05) is 13.4 Å². The van der Waals surface area contributed by atoms with Crippen LogP contribution in [-0.2, 0) is 14.3 Å². The van der Waals surface area contributed by atoms with Gasteiger partial charge in [0.05, 0.1) is 6.61 Å². The molecule has 0 heterocycles. The highest BCUT2D eigenvalue weighted by Gasteiger charge is 2.78. The highest BCUT2D eigenvalue weighted by Crippen LogP contribution is 2.61. The smallest absolute Gasteiger partial charge is 0.317 e. The van der Waals surface area contributed by atoms with Gasteiger partial charge in [0.2, 0.25) is 5.67 Å². The minimum Gasteiger partial charge on any atom is -0.438 e. The molecule has 5 rings (SSSR count). The van der Waals surface area contributed by atoms with Crippen molar-refractivity contribution in [3.8, 4) is 0 Å². The monoisotopic (exact) mass is 438 g/mol. The van der Waals surface area contributed by atoms with Crippen molar-refractivity contribution in [2.45, 2.75) is 82.7 Å². The maximum absolute atomic E-state index is 14.9. The highest BCUT2D eigenvalue weighted by atomic mass is 19.3. The zero-order valence-electron chi connectivity index (χ0n) is 17.6. The molecule has 3 unspecified atom stereocenters. The highest BCUT2D eigenvalue weighted by molar-refractivity contribution is 5.74. The third-order valence-corrected chi connectivity index (χ3v) is 8.28. The lowest BCUT2D eigenvalue weighted by atomic mass is 9.50.